The number of amides is 1. The van der Waals surface area contributed by atoms with Crippen LogP contribution in [0.5, 0.6) is 0 Å². The molecular weight excluding hydrogens is 422 g/mol. The average molecular weight is 452 g/mol. The number of carboxylic acid groups (broad SMARTS) is 1. The molecular formula is C25H29N3O3S. The number of hydrogen-bond donors (Lipinski definition) is 2. The first-order chi connectivity index (χ1) is 15.1. The third-order valence-corrected chi connectivity index (χ3v) is 6.06. The largest absolute Gasteiger partial charge is 0.480 e. The van der Waals surface area contributed by atoms with Gasteiger partial charge in [0.15, 0.2) is 5.13 Å². The van der Waals surface area contributed by atoms with Gasteiger partial charge in [-0.3, -0.25) is 4.79 Å². The van der Waals surface area contributed by atoms with Gasteiger partial charge in [-0.15, -0.1) is 11.3 Å². The van der Waals surface area contributed by atoms with E-state index in [0.717, 1.165) is 22.0 Å². The summed E-state index contributed by atoms with van der Waals surface area (Å²) in [6, 6.07) is 15.5. The Morgan fingerprint density at radius 2 is 1.72 bits per heavy atom. The number of anilines is 1. The number of rotatable bonds is 8. The van der Waals surface area contributed by atoms with Crippen LogP contribution in [-0.2, 0) is 23.2 Å². The van der Waals surface area contributed by atoms with E-state index < -0.39 is 17.9 Å². The highest BCUT2D eigenvalue weighted by Gasteiger charge is 2.21. The molecule has 7 heteroatoms. The second kappa shape index (κ2) is 9.96. The van der Waals surface area contributed by atoms with Crippen LogP contribution in [0, 0.1) is 0 Å². The lowest BCUT2D eigenvalue weighted by Crippen LogP contribution is -2.42. The quantitative estimate of drug-likeness (QED) is 0.527. The lowest BCUT2D eigenvalue weighted by molar-refractivity contribution is -0.139. The van der Waals surface area contributed by atoms with Crippen molar-refractivity contribution in [1.29, 1.82) is 0 Å². The maximum Gasteiger partial charge on any atom is 0.326 e. The molecule has 1 amide bonds. The number of nitrogens with one attached hydrogen (secondary N) is 1. The van der Waals surface area contributed by atoms with E-state index in [1.165, 1.54) is 0 Å². The second-order valence-electron chi connectivity index (χ2n) is 8.87. The highest BCUT2D eigenvalue weighted by molar-refractivity contribution is 7.13. The fourth-order valence-electron chi connectivity index (χ4n) is 3.18. The summed E-state index contributed by atoms with van der Waals surface area (Å²) in [7, 11) is 1.99. The third-order valence-electron chi connectivity index (χ3n) is 5.11. The molecule has 0 fully saturated rings. The number of carbonyl (C=O) groups excluding carboxylic acids is 1. The molecule has 1 heterocycles. The van der Waals surface area contributed by atoms with Crippen molar-refractivity contribution in [2.75, 3.05) is 11.9 Å². The third kappa shape index (κ3) is 6.17. The Balaban J connectivity index is 1.62. The number of carbonyl (C=O) groups is 2. The number of benzene rings is 2. The summed E-state index contributed by atoms with van der Waals surface area (Å²) < 4.78 is 0. The molecule has 0 aliphatic rings. The van der Waals surface area contributed by atoms with E-state index in [9.17, 15) is 14.7 Å². The molecule has 1 aromatic heterocycles. The van der Waals surface area contributed by atoms with Crippen LogP contribution in [0.4, 0.5) is 5.13 Å². The van der Waals surface area contributed by atoms with Crippen molar-refractivity contribution in [3.63, 3.8) is 0 Å². The Labute approximate surface area is 192 Å². The maximum absolute atomic E-state index is 12.6. The molecule has 3 aromatic rings. The summed E-state index contributed by atoms with van der Waals surface area (Å²) in [4.78, 5) is 31.0. The van der Waals surface area contributed by atoms with Crippen LogP contribution in [0.25, 0.3) is 0 Å². The zero-order valence-electron chi connectivity index (χ0n) is 18.8. The summed E-state index contributed by atoms with van der Waals surface area (Å²) in [5, 5.41) is 15.2. The van der Waals surface area contributed by atoms with Crippen molar-refractivity contribution in [1.82, 2.24) is 10.3 Å². The number of aliphatic carboxylic acids is 1. The van der Waals surface area contributed by atoms with Gasteiger partial charge in [0.2, 0.25) is 0 Å². The lowest BCUT2D eigenvalue weighted by atomic mass is 9.93. The molecule has 0 spiro atoms. The standard InChI is InChI=1S/C25H29N3O3S/c1-25(2,3)21-16-32-24(27-21)28(4)15-18-10-12-19(13-11-18)22(29)26-20(23(30)31)14-17-8-6-5-7-9-17/h5-13,16,20H,14-15H2,1-4H3,(H,26,29)(H,30,31). The molecule has 0 saturated heterocycles. The molecule has 0 aliphatic heterocycles. The van der Waals surface area contributed by atoms with Gasteiger partial charge in [0, 0.05) is 36.4 Å². The highest BCUT2D eigenvalue weighted by Crippen LogP contribution is 2.28. The van der Waals surface area contributed by atoms with Crippen molar-refractivity contribution in [2.45, 2.75) is 45.2 Å². The minimum absolute atomic E-state index is 0.0128. The van der Waals surface area contributed by atoms with E-state index in [1.54, 1.807) is 23.5 Å². The van der Waals surface area contributed by atoms with Crippen LogP contribution in [-0.4, -0.2) is 35.1 Å². The van der Waals surface area contributed by atoms with Crippen molar-refractivity contribution in [3.8, 4) is 0 Å². The smallest absolute Gasteiger partial charge is 0.326 e. The first-order valence-corrected chi connectivity index (χ1v) is 11.3. The van der Waals surface area contributed by atoms with Gasteiger partial charge in [0.25, 0.3) is 5.91 Å². The number of nitrogens with zero attached hydrogens (tertiary/aromatic N) is 2. The molecule has 2 aromatic carbocycles. The Morgan fingerprint density at radius 1 is 1.06 bits per heavy atom. The number of carboxylic acids is 1. The number of aromatic nitrogens is 1. The highest BCUT2D eigenvalue weighted by atomic mass is 32.1. The summed E-state index contributed by atoms with van der Waals surface area (Å²) >= 11 is 1.62. The van der Waals surface area contributed by atoms with Crippen molar-refractivity contribution >= 4 is 28.3 Å². The normalized spacial score (nSPS) is 12.2. The maximum atomic E-state index is 12.6. The Bertz CT molecular complexity index is 1060. The molecule has 1 unspecified atom stereocenters. The molecule has 168 valence electrons. The molecule has 3 rings (SSSR count). The number of thiazole rings is 1. The minimum atomic E-state index is -1.06. The average Bonchev–Trinajstić information content (AvgIpc) is 3.25. The van der Waals surface area contributed by atoms with Gasteiger partial charge >= 0.3 is 5.97 Å². The van der Waals surface area contributed by atoms with Crippen LogP contribution in [0.1, 0.15) is 48.0 Å². The van der Waals surface area contributed by atoms with E-state index in [0.29, 0.717) is 12.1 Å². The van der Waals surface area contributed by atoms with Gasteiger partial charge in [-0.2, -0.15) is 0 Å². The van der Waals surface area contributed by atoms with Gasteiger partial charge in [-0.05, 0) is 23.3 Å². The summed E-state index contributed by atoms with van der Waals surface area (Å²) in [5.74, 6) is -1.46. The molecule has 6 nitrogen and oxygen atoms in total. The van der Waals surface area contributed by atoms with Crippen LogP contribution >= 0.6 is 11.3 Å². The number of hydrogen-bond acceptors (Lipinski definition) is 5. The van der Waals surface area contributed by atoms with Crippen LogP contribution in [0.3, 0.4) is 0 Å². The van der Waals surface area contributed by atoms with E-state index in [1.807, 2.05) is 49.5 Å². The Kier molecular flexibility index (Phi) is 7.30. The van der Waals surface area contributed by atoms with Crippen molar-refractivity contribution in [2.24, 2.45) is 0 Å². The monoisotopic (exact) mass is 451 g/mol. The van der Waals surface area contributed by atoms with E-state index in [4.69, 9.17) is 4.98 Å². The topological polar surface area (TPSA) is 82.5 Å². The van der Waals surface area contributed by atoms with Crippen LogP contribution in [0.2, 0.25) is 0 Å². The molecule has 0 saturated carbocycles. The van der Waals surface area contributed by atoms with E-state index in [-0.39, 0.29) is 11.8 Å². The van der Waals surface area contributed by atoms with Crippen molar-refractivity contribution < 1.29 is 14.7 Å². The fraction of sp³-hybridized carbons (Fsp3) is 0.320. The van der Waals surface area contributed by atoms with Gasteiger partial charge in [-0.1, -0.05) is 63.2 Å². The first-order valence-electron chi connectivity index (χ1n) is 10.5. The fourth-order valence-corrected chi connectivity index (χ4v) is 4.20. The molecule has 0 aliphatic carbocycles. The van der Waals surface area contributed by atoms with Crippen molar-refractivity contribution in [3.05, 3.63) is 82.4 Å². The Hall–Kier alpha value is -3.19. The van der Waals surface area contributed by atoms with Gasteiger partial charge in [0.1, 0.15) is 6.04 Å². The summed E-state index contributed by atoms with van der Waals surface area (Å²) in [6.07, 6.45) is 0.231. The Morgan fingerprint density at radius 3 is 2.28 bits per heavy atom. The zero-order valence-corrected chi connectivity index (χ0v) is 19.6. The SMILES string of the molecule is CN(Cc1ccc(C(=O)NC(Cc2ccccc2)C(=O)O)cc1)c1nc(C(C)(C)C)cs1. The molecule has 32 heavy (non-hydrogen) atoms. The molecule has 0 radical (unpaired) electrons. The minimum Gasteiger partial charge on any atom is -0.480 e. The van der Waals surface area contributed by atoms with E-state index >= 15 is 0 Å². The van der Waals surface area contributed by atoms with Gasteiger partial charge < -0.3 is 15.3 Å². The zero-order chi connectivity index (χ0) is 23.3. The predicted molar refractivity (Wildman–Crippen MR) is 128 cm³/mol. The van der Waals surface area contributed by atoms with Crippen LogP contribution in [0.15, 0.2) is 60.0 Å². The van der Waals surface area contributed by atoms with Crippen LogP contribution < -0.4 is 10.2 Å². The second-order valence-corrected chi connectivity index (χ2v) is 9.71. The molecule has 2 N–H and O–H groups in total. The van der Waals surface area contributed by atoms with Gasteiger partial charge in [-0.25, -0.2) is 9.78 Å². The lowest BCUT2D eigenvalue weighted by Gasteiger charge is -2.18. The first kappa shape index (κ1) is 23.5. The summed E-state index contributed by atoms with van der Waals surface area (Å²) in [6.45, 7) is 7.09. The van der Waals surface area contributed by atoms with E-state index in [2.05, 4.69) is 36.4 Å². The molecule has 1 atom stereocenters. The summed E-state index contributed by atoms with van der Waals surface area (Å²) in [5.41, 5.74) is 3.41. The molecule has 0 bridgehead atoms. The van der Waals surface area contributed by atoms with Gasteiger partial charge in [0.05, 0.1) is 5.69 Å². The predicted octanol–water partition coefficient (Wildman–Crippen LogP) is 4.50.